The third-order valence-electron chi connectivity index (χ3n) is 3.02. The van der Waals surface area contributed by atoms with Gasteiger partial charge >= 0.3 is 5.97 Å². The van der Waals surface area contributed by atoms with E-state index in [1.807, 2.05) is 0 Å². The first-order valence-electron chi connectivity index (χ1n) is 4.62. The van der Waals surface area contributed by atoms with Crippen LogP contribution in [0.4, 0.5) is 0 Å². The lowest BCUT2D eigenvalue weighted by molar-refractivity contribution is -0.138. The molecule has 14 heavy (non-hydrogen) atoms. The van der Waals surface area contributed by atoms with Gasteiger partial charge in [0.2, 0.25) is 0 Å². The molecule has 0 aliphatic heterocycles. The molecule has 5 nitrogen and oxygen atoms in total. The van der Waals surface area contributed by atoms with E-state index in [1.165, 1.54) is 0 Å². The number of aromatic amines is 1. The summed E-state index contributed by atoms with van der Waals surface area (Å²) in [4.78, 5) is 10.8. The zero-order valence-corrected chi connectivity index (χ0v) is 7.79. The lowest BCUT2D eigenvalue weighted by Gasteiger charge is -2.25. The van der Waals surface area contributed by atoms with Gasteiger partial charge < -0.3 is 10.8 Å². The Hall–Kier alpha value is -1.36. The quantitative estimate of drug-likeness (QED) is 0.634. The highest BCUT2D eigenvalue weighted by Gasteiger charge is 2.40. The molecule has 0 amide bonds. The zero-order chi connectivity index (χ0) is 10.2. The molecular weight excluding hydrogens is 182 g/mol. The second-order valence-corrected chi connectivity index (χ2v) is 3.82. The van der Waals surface area contributed by atoms with Crippen molar-refractivity contribution >= 4 is 5.97 Å². The molecule has 1 atom stereocenters. The van der Waals surface area contributed by atoms with Gasteiger partial charge in [-0.3, -0.25) is 9.89 Å². The first-order valence-corrected chi connectivity index (χ1v) is 4.62. The molecule has 4 N–H and O–H groups in total. The number of hydrogen-bond acceptors (Lipinski definition) is 3. The lowest BCUT2D eigenvalue weighted by Crippen LogP contribution is -2.35. The molecule has 76 valence electrons. The Morgan fingerprint density at radius 3 is 3.21 bits per heavy atom. The highest BCUT2D eigenvalue weighted by molar-refractivity contribution is 5.69. The second-order valence-electron chi connectivity index (χ2n) is 3.82. The highest BCUT2D eigenvalue weighted by Crippen LogP contribution is 2.39. The minimum atomic E-state index is -0.801. The number of aryl methyl sites for hydroxylation is 1. The van der Waals surface area contributed by atoms with Crippen molar-refractivity contribution in [3.63, 3.8) is 0 Å². The maximum absolute atomic E-state index is 10.8. The number of carboxylic acid groups (broad SMARTS) is 1. The molecule has 1 heterocycles. The third-order valence-corrected chi connectivity index (χ3v) is 3.02. The van der Waals surface area contributed by atoms with E-state index in [4.69, 9.17) is 10.8 Å². The fraction of sp³-hybridized carbons (Fsp3) is 0.556. The van der Waals surface area contributed by atoms with Gasteiger partial charge in [-0.2, -0.15) is 5.10 Å². The Labute approximate surface area is 81.3 Å². The van der Waals surface area contributed by atoms with Crippen molar-refractivity contribution < 1.29 is 9.90 Å². The standard InChI is InChI=1S/C9H13N3O2/c10-5-9(3-8(13)14)2-1-7-6(9)4-11-12-7/h4H,1-3,5,10H2,(H,11,12)(H,13,14). The Morgan fingerprint density at radius 2 is 2.57 bits per heavy atom. The number of aliphatic carboxylic acids is 1. The SMILES string of the molecule is NCC1(CC(=O)O)CCc2[nH]ncc21. The van der Waals surface area contributed by atoms with Crippen LogP contribution in [0.2, 0.25) is 0 Å². The molecule has 1 aliphatic rings. The van der Waals surface area contributed by atoms with Crippen LogP contribution in [0.25, 0.3) is 0 Å². The molecule has 0 fully saturated rings. The third kappa shape index (κ3) is 1.21. The van der Waals surface area contributed by atoms with Gasteiger partial charge in [-0.25, -0.2) is 0 Å². The Kier molecular flexibility index (Phi) is 2.03. The Bertz CT molecular complexity index is 361. The summed E-state index contributed by atoms with van der Waals surface area (Å²) in [6.07, 6.45) is 3.45. The summed E-state index contributed by atoms with van der Waals surface area (Å²) in [5, 5.41) is 15.6. The molecule has 0 radical (unpaired) electrons. The number of nitrogens with two attached hydrogens (primary N) is 1. The molecule has 2 rings (SSSR count). The van der Waals surface area contributed by atoms with E-state index in [2.05, 4.69) is 10.2 Å². The van der Waals surface area contributed by atoms with Crippen LogP contribution in [0.3, 0.4) is 0 Å². The van der Waals surface area contributed by atoms with Crippen molar-refractivity contribution in [2.75, 3.05) is 6.54 Å². The van der Waals surface area contributed by atoms with E-state index in [0.717, 1.165) is 24.1 Å². The van der Waals surface area contributed by atoms with E-state index in [-0.39, 0.29) is 6.42 Å². The predicted molar refractivity (Wildman–Crippen MR) is 49.9 cm³/mol. The summed E-state index contributed by atoms with van der Waals surface area (Å²) in [5.41, 5.74) is 7.32. The van der Waals surface area contributed by atoms with Crippen LogP contribution in [0.5, 0.6) is 0 Å². The van der Waals surface area contributed by atoms with Gasteiger partial charge in [-0.15, -0.1) is 0 Å². The van der Waals surface area contributed by atoms with Gasteiger partial charge in [0.05, 0.1) is 12.6 Å². The summed E-state index contributed by atoms with van der Waals surface area (Å²) < 4.78 is 0. The highest BCUT2D eigenvalue weighted by atomic mass is 16.4. The molecule has 0 bridgehead atoms. The zero-order valence-electron chi connectivity index (χ0n) is 7.79. The van der Waals surface area contributed by atoms with Crippen LogP contribution in [-0.4, -0.2) is 27.8 Å². The van der Waals surface area contributed by atoms with Gasteiger partial charge in [-0.1, -0.05) is 0 Å². The van der Waals surface area contributed by atoms with Crippen molar-refractivity contribution in [3.8, 4) is 0 Å². The van der Waals surface area contributed by atoms with Crippen LogP contribution in [0.1, 0.15) is 24.1 Å². The fourth-order valence-corrected chi connectivity index (χ4v) is 2.22. The summed E-state index contributed by atoms with van der Waals surface area (Å²) >= 11 is 0. The number of nitrogens with one attached hydrogen (secondary N) is 1. The van der Waals surface area contributed by atoms with E-state index in [9.17, 15) is 4.79 Å². The molecule has 5 heteroatoms. The molecule has 0 aromatic carbocycles. The number of carboxylic acids is 1. The largest absolute Gasteiger partial charge is 0.481 e. The van der Waals surface area contributed by atoms with Gasteiger partial charge in [-0.05, 0) is 12.8 Å². The van der Waals surface area contributed by atoms with Crippen molar-refractivity contribution in [1.82, 2.24) is 10.2 Å². The van der Waals surface area contributed by atoms with Gasteiger partial charge in [0.25, 0.3) is 0 Å². The smallest absolute Gasteiger partial charge is 0.304 e. The normalized spacial score (nSPS) is 24.9. The van der Waals surface area contributed by atoms with E-state index in [1.54, 1.807) is 6.20 Å². The maximum Gasteiger partial charge on any atom is 0.304 e. The van der Waals surface area contributed by atoms with E-state index in [0.29, 0.717) is 6.54 Å². The van der Waals surface area contributed by atoms with Crippen molar-refractivity contribution in [3.05, 3.63) is 17.5 Å². The van der Waals surface area contributed by atoms with Crippen LogP contribution >= 0.6 is 0 Å². The second kappa shape index (κ2) is 3.09. The van der Waals surface area contributed by atoms with Crippen LogP contribution < -0.4 is 5.73 Å². The van der Waals surface area contributed by atoms with Gasteiger partial charge in [0.15, 0.2) is 0 Å². The number of hydrogen-bond donors (Lipinski definition) is 3. The molecule has 0 saturated carbocycles. The van der Waals surface area contributed by atoms with Crippen molar-refractivity contribution in [2.45, 2.75) is 24.7 Å². The predicted octanol–water partition coefficient (Wildman–Crippen LogP) is 0.0271. The summed E-state index contributed by atoms with van der Waals surface area (Å²) in [7, 11) is 0. The fourth-order valence-electron chi connectivity index (χ4n) is 2.22. The number of aromatic nitrogens is 2. The average Bonchev–Trinajstić information content (AvgIpc) is 2.68. The van der Waals surface area contributed by atoms with Crippen molar-refractivity contribution in [1.29, 1.82) is 0 Å². The summed E-state index contributed by atoms with van der Waals surface area (Å²) in [5.74, 6) is -0.801. The molecule has 1 aromatic heterocycles. The maximum atomic E-state index is 10.8. The molecule has 0 spiro atoms. The summed E-state index contributed by atoms with van der Waals surface area (Å²) in [6, 6.07) is 0. The summed E-state index contributed by atoms with van der Waals surface area (Å²) in [6.45, 7) is 0.367. The molecule has 0 saturated heterocycles. The average molecular weight is 195 g/mol. The van der Waals surface area contributed by atoms with E-state index < -0.39 is 11.4 Å². The number of nitrogens with zero attached hydrogens (tertiary/aromatic N) is 1. The van der Waals surface area contributed by atoms with Crippen LogP contribution in [0, 0.1) is 0 Å². The van der Waals surface area contributed by atoms with Crippen LogP contribution in [-0.2, 0) is 16.6 Å². The van der Waals surface area contributed by atoms with Gasteiger partial charge in [0.1, 0.15) is 0 Å². The first kappa shape index (κ1) is 9.21. The minimum absolute atomic E-state index is 0.0933. The number of fused-ring (bicyclic) bond motifs is 1. The molecule has 1 aromatic rings. The molecule has 1 aliphatic carbocycles. The Morgan fingerprint density at radius 1 is 1.79 bits per heavy atom. The lowest BCUT2D eigenvalue weighted by atomic mass is 9.80. The van der Waals surface area contributed by atoms with Gasteiger partial charge in [0, 0.05) is 23.2 Å². The topological polar surface area (TPSA) is 92.0 Å². The minimum Gasteiger partial charge on any atom is -0.481 e. The van der Waals surface area contributed by atoms with Crippen LogP contribution in [0.15, 0.2) is 6.20 Å². The number of H-pyrrole nitrogens is 1. The first-order chi connectivity index (χ1) is 6.68. The monoisotopic (exact) mass is 195 g/mol. The molecular formula is C9H13N3O2. The van der Waals surface area contributed by atoms with Crippen molar-refractivity contribution in [2.24, 2.45) is 5.73 Å². The molecule has 1 unspecified atom stereocenters. The number of rotatable bonds is 3. The van der Waals surface area contributed by atoms with E-state index >= 15 is 0 Å². The Balaban J connectivity index is 2.35. The number of carbonyl (C=O) groups is 1.